The standard InChI is InChI=1S/C18H30N4O3/c1-4-15(23)21-9-5-6-14(12-21)22-16(24)18(19-17(22)25)7-10-20(11-8-18)13(2)3/h13-14H,4-12H2,1-3H3,(H,19,25)/t14-/m0/s1. The van der Waals surface area contributed by atoms with E-state index in [-0.39, 0.29) is 23.9 Å². The molecule has 25 heavy (non-hydrogen) atoms. The van der Waals surface area contributed by atoms with E-state index < -0.39 is 5.54 Å². The Balaban J connectivity index is 1.70. The molecule has 1 spiro atoms. The van der Waals surface area contributed by atoms with Crippen molar-refractivity contribution in [3.8, 4) is 0 Å². The van der Waals surface area contributed by atoms with Gasteiger partial charge in [0.15, 0.2) is 0 Å². The first-order chi connectivity index (χ1) is 11.9. The third kappa shape index (κ3) is 3.26. The van der Waals surface area contributed by atoms with E-state index >= 15 is 0 Å². The first kappa shape index (κ1) is 18.2. The quantitative estimate of drug-likeness (QED) is 0.776. The molecule has 3 saturated heterocycles. The van der Waals surface area contributed by atoms with Gasteiger partial charge in [-0.15, -0.1) is 0 Å². The van der Waals surface area contributed by atoms with Crippen molar-refractivity contribution in [2.75, 3.05) is 26.2 Å². The maximum absolute atomic E-state index is 13.1. The molecule has 1 atom stereocenters. The SMILES string of the molecule is CCC(=O)N1CCC[C@H](N2C(=O)NC3(CCN(C(C)C)CC3)C2=O)C1. The molecule has 3 fully saturated rings. The van der Waals surface area contributed by atoms with Gasteiger partial charge < -0.3 is 15.1 Å². The molecule has 3 rings (SSSR count). The van der Waals surface area contributed by atoms with E-state index in [1.165, 1.54) is 4.90 Å². The number of nitrogens with zero attached hydrogens (tertiary/aromatic N) is 3. The first-order valence-corrected chi connectivity index (χ1v) is 9.55. The van der Waals surface area contributed by atoms with Crippen LogP contribution in [0.15, 0.2) is 0 Å². The van der Waals surface area contributed by atoms with Crippen molar-refractivity contribution < 1.29 is 14.4 Å². The van der Waals surface area contributed by atoms with Gasteiger partial charge in [-0.3, -0.25) is 14.5 Å². The predicted octanol–water partition coefficient (Wildman–Crippen LogP) is 1.18. The summed E-state index contributed by atoms with van der Waals surface area (Å²) in [6.07, 6.45) is 3.40. The molecule has 0 saturated carbocycles. The Kier molecular flexibility index (Phi) is 5.04. The number of carbonyl (C=O) groups excluding carboxylic acids is 3. The summed E-state index contributed by atoms with van der Waals surface area (Å²) in [5, 5.41) is 2.99. The lowest BCUT2D eigenvalue weighted by molar-refractivity contribution is -0.139. The fourth-order valence-corrected chi connectivity index (χ4v) is 4.35. The molecule has 0 aromatic rings. The van der Waals surface area contributed by atoms with Crippen LogP contribution in [0.4, 0.5) is 4.79 Å². The number of nitrogens with one attached hydrogen (secondary N) is 1. The molecule has 3 heterocycles. The summed E-state index contributed by atoms with van der Waals surface area (Å²) >= 11 is 0. The summed E-state index contributed by atoms with van der Waals surface area (Å²) in [5.74, 6) is 0.00779. The monoisotopic (exact) mass is 350 g/mol. The minimum absolute atomic E-state index is 0.0864. The highest BCUT2D eigenvalue weighted by molar-refractivity contribution is 6.07. The topological polar surface area (TPSA) is 73.0 Å². The van der Waals surface area contributed by atoms with Crippen molar-refractivity contribution in [1.82, 2.24) is 20.0 Å². The van der Waals surface area contributed by atoms with Crippen LogP contribution in [-0.2, 0) is 9.59 Å². The van der Waals surface area contributed by atoms with Crippen LogP contribution in [0.25, 0.3) is 0 Å². The third-order valence-electron chi connectivity index (χ3n) is 5.99. The van der Waals surface area contributed by atoms with Crippen LogP contribution in [0.3, 0.4) is 0 Å². The Hall–Kier alpha value is -1.63. The molecule has 0 bridgehead atoms. The molecule has 0 aromatic heterocycles. The molecule has 7 heteroatoms. The molecule has 1 N–H and O–H groups in total. The summed E-state index contributed by atoms with van der Waals surface area (Å²) in [7, 11) is 0. The molecular formula is C18H30N4O3. The van der Waals surface area contributed by atoms with Gasteiger partial charge in [0.25, 0.3) is 5.91 Å². The maximum Gasteiger partial charge on any atom is 0.325 e. The van der Waals surface area contributed by atoms with E-state index in [1.54, 1.807) is 4.90 Å². The van der Waals surface area contributed by atoms with E-state index in [4.69, 9.17) is 0 Å². The van der Waals surface area contributed by atoms with E-state index in [0.717, 1.165) is 32.5 Å². The van der Waals surface area contributed by atoms with Gasteiger partial charge in [0.1, 0.15) is 5.54 Å². The van der Waals surface area contributed by atoms with Gasteiger partial charge in [-0.2, -0.15) is 0 Å². The molecule has 4 amide bonds. The average Bonchev–Trinajstić information content (AvgIpc) is 2.84. The van der Waals surface area contributed by atoms with Crippen LogP contribution in [0.2, 0.25) is 0 Å². The van der Waals surface area contributed by atoms with E-state index in [0.29, 0.717) is 31.8 Å². The number of urea groups is 1. The minimum Gasteiger partial charge on any atom is -0.341 e. The van der Waals surface area contributed by atoms with E-state index in [9.17, 15) is 14.4 Å². The molecule has 3 aliphatic rings. The van der Waals surface area contributed by atoms with Gasteiger partial charge in [-0.25, -0.2) is 4.79 Å². The smallest absolute Gasteiger partial charge is 0.325 e. The number of likely N-dealkylation sites (tertiary alicyclic amines) is 2. The van der Waals surface area contributed by atoms with Crippen molar-refractivity contribution >= 4 is 17.8 Å². The minimum atomic E-state index is -0.737. The van der Waals surface area contributed by atoms with Crippen LogP contribution in [0, 0.1) is 0 Å². The summed E-state index contributed by atoms with van der Waals surface area (Å²) < 4.78 is 0. The first-order valence-electron chi connectivity index (χ1n) is 9.55. The average molecular weight is 350 g/mol. The number of carbonyl (C=O) groups is 3. The van der Waals surface area contributed by atoms with E-state index in [1.807, 2.05) is 6.92 Å². The Labute approximate surface area is 149 Å². The van der Waals surface area contributed by atoms with Gasteiger partial charge in [-0.1, -0.05) is 6.92 Å². The van der Waals surface area contributed by atoms with Crippen molar-refractivity contribution in [3.63, 3.8) is 0 Å². The Bertz CT molecular complexity index is 555. The number of hydrogen-bond donors (Lipinski definition) is 1. The molecular weight excluding hydrogens is 320 g/mol. The highest BCUT2D eigenvalue weighted by Crippen LogP contribution is 2.32. The molecule has 3 aliphatic heterocycles. The summed E-state index contributed by atoms with van der Waals surface area (Å²) in [5.41, 5.74) is -0.737. The van der Waals surface area contributed by atoms with Gasteiger partial charge in [0, 0.05) is 38.6 Å². The lowest BCUT2D eigenvalue weighted by Crippen LogP contribution is -2.57. The van der Waals surface area contributed by atoms with Crippen LogP contribution >= 0.6 is 0 Å². The summed E-state index contributed by atoms with van der Waals surface area (Å²) in [4.78, 5) is 43.3. The Morgan fingerprint density at radius 1 is 1.24 bits per heavy atom. The normalized spacial score (nSPS) is 27.3. The number of hydrogen-bond acceptors (Lipinski definition) is 4. The zero-order valence-electron chi connectivity index (χ0n) is 15.6. The lowest BCUT2D eigenvalue weighted by atomic mass is 9.86. The Morgan fingerprint density at radius 3 is 2.52 bits per heavy atom. The second-order valence-corrected chi connectivity index (χ2v) is 7.81. The van der Waals surface area contributed by atoms with Crippen LogP contribution < -0.4 is 5.32 Å². The molecule has 140 valence electrons. The molecule has 0 radical (unpaired) electrons. The number of imide groups is 1. The zero-order valence-corrected chi connectivity index (χ0v) is 15.6. The summed E-state index contributed by atoms with van der Waals surface area (Å²) in [6.45, 7) is 8.99. The highest BCUT2D eigenvalue weighted by atomic mass is 16.2. The van der Waals surface area contributed by atoms with Gasteiger partial charge in [0.05, 0.1) is 6.04 Å². The number of amides is 4. The molecule has 0 aliphatic carbocycles. The van der Waals surface area contributed by atoms with Crippen LogP contribution in [0.1, 0.15) is 52.9 Å². The van der Waals surface area contributed by atoms with Crippen molar-refractivity contribution in [1.29, 1.82) is 0 Å². The fraction of sp³-hybridized carbons (Fsp3) is 0.833. The number of piperidine rings is 2. The van der Waals surface area contributed by atoms with E-state index in [2.05, 4.69) is 24.1 Å². The van der Waals surface area contributed by atoms with Gasteiger partial charge >= 0.3 is 6.03 Å². The predicted molar refractivity (Wildman–Crippen MR) is 93.9 cm³/mol. The molecule has 0 unspecified atom stereocenters. The van der Waals surface area contributed by atoms with Crippen LogP contribution in [-0.4, -0.2) is 76.3 Å². The highest BCUT2D eigenvalue weighted by Gasteiger charge is 2.54. The van der Waals surface area contributed by atoms with Crippen molar-refractivity contribution in [2.45, 2.75) is 70.5 Å². The van der Waals surface area contributed by atoms with Crippen molar-refractivity contribution in [3.05, 3.63) is 0 Å². The third-order valence-corrected chi connectivity index (χ3v) is 5.99. The van der Waals surface area contributed by atoms with Crippen molar-refractivity contribution in [2.24, 2.45) is 0 Å². The largest absolute Gasteiger partial charge is 0.341 e. The summed E-state index contributed by atoms with van der Waals surface area (Å²) in [6, 6.07) is -0.0225. The Morgan fingerprint density at radius 2 is 1.92 bits per heavy atom. The van der Waals surface area contributed by atoms with Gasteiger partial charge in [-0.05, 0) is 39.5 Å². The number of rotatable bonds is 3. The van der Waals surface area contributed by atoms with Crippen LogP contribution in [0.5, 0.6) is 0 Å². The maximum atomic E-state index is 13.1. The fourth-order valence-electron chi connectivity index (χ4n) is 4.35. The second-order valence-electron chi connectivity index (χ2n) is 7.81. The van der Waals surface area contributed by atoms with Gasteiger partial charge in [0.2, 0.25) is 5.91 Å². The molecule has 7 nitrogen and oxygen atoms in total. The lowest BCUT2D eigenvalue weighted by Gasteiger charge is -2.40. The second kappa shape index (κ2) is 6.94. The zero-order chi connectivity index (χ0) is 18.2. The molecule has 0 aromatic carbocycles.